The first kappa shape index (κ1) is 33.8. The molecule has 2 aromatic heterocycles. The maximum absolute atomic E-state index is 2.45. The van der Waals surface area contributed by atoms with Gasteiger partial charge in [0.15, 0.2) is 0 Å². The number of hydrogen-bond acceptors (Lipinski definition) is 2. The van der Waals surface area contributed by atoms with Crippen molar-refractivity contribution in [2.45, 2.75) is 0 Å². The third-order valence-electron chi connectivity index (χ3n) is 12.7. The Hall–Kier alpha value is -7.10. The number of benzene rings is 11. The highest BCUT2D eigenvalue weighted by Gasteiger charge is 2.22. The second kappa shape index (κ2) is 13.2. The summed E-state index contributed by atoms with van der Waals surface area (Å²) in [5.74, 6) is 0. The van der Waals surface area contributed by atoms with E-state index in [2.05, 4.69) is 206 Å². The molecule has 60 heavy (non-hydrogen) atoms. The van der Waals surface area contributed by atoms with Gasteiger partial charge in [-0.1, -0.05) is 188 Å². The van der Waals surface area contributed by atoms with Gasteiger partial charge in [-0.2, -0.15) is 0 Å². The van der Waals surface area contributed by atoms with Gasteiger partial charge < -0.3 is 0 Å². The maximum atomic E-state index is 2.45. The van der Waals surface area contributed by atoms with Crippen molar-refractivity contribution in [1.82, 2.24) is 0 Å². The molecule has 13 rings (SSSR count). The van der Waals surface area contributed by atoms with E-state index >= 15 is 0 Å². The zero-order chi connectivity index (χ0) is 39.3. The van der Waals surface area contributed by atoms with E-state index in [0.717, 1.165) is 0 Å². The summed E-state index contributed by atoms with van der Waals surface area (Å²) in [7, 11) is 0. The molecule has 2 heteroatoms. The van der Waals surface area contributed by atoms with Crippen LogP contribution in [0.5, 0.6) is 0 Å². The van der Waals surface area contributed by atoms with Gasteiger partial charge in [-0.3, -0.25) is 0 Å². The van der Waals surface area contributed by atoms with E-state index in [-0.39, 0.29) is 0 Å². The molecule has 0 N–H and O–H groups in total. The molecular formula is C58H34S2. The standard InChI is InChI=1S/C58H34S2/c1-2-16-35(17-3-1)53-38-18-4-6-20-40(38)54(41-21-7-5-19-39(41)53)36-32-33-37-46-27-14-29-49(58(46)60-52(37)34-36)56-44-24-10-8-22-42(44)55(43-23-9-11-25-45(43)56)48-28-15-31-51-57(48)47-26-12-13-30-50(47)59-51/h1-34H. The van der Waals surface area contributed by atoms with E-state index in [1.165, 1.54) is 128 Å². The molecule has 0 aliphatic carbocycles. The van der Waals surface area contributed by atoms with Gasteiger partial charge in [0, 0.05) is 45.9 Å². The van der Waals surface area contributed by atoms with Crippen molar-refractivity contribution in [3.8, 4) is 44.5 Å². The lowest BCUT2D eigenvalue weighted by atomic mass is 9.84. The largest absolute Gasteiger partial charge is 0.135 e. The SMILES string of the molecule is c1ccc(-c2c3ccccc3c(-c3ccc4c(c3)sc3c(-c5c6ccccc6c(-c6cccc7sc8ccccc8c67)c6ccccc56)cccc34)c3ccccc23)cc1. The normalized spacial score (nSPS) is 12.0. The molecule has 0 spiro atoms. The zero-order valence-corrected chi connectivity index (χ0v) is 34.1. The summed E-state index contributed by atoms with van der Waals surface area (Å²) in [6, 6.07) is 76.8. The lowest BCUT2D eigenvalue weighted by molar-refractivity contribution is 1.66. The van der Waals surface area contributed by atoms with Crippen LogP contribution in [0.1, 0.15) is 0 Å². The predicted octanol–water partition coefficient (Wildman–Crippen LogP) is 17.7. The molecule has 0 nitrogen and oxygen atoms in total. The van der Waals surface area contributed by atoms with Gasteiger partial charge in [0.25, 0.3) is 0 Å². The molecule has 0 aliphatic heterocycles. The molecule has 13 aromatic rings. The van der Waals surface area contributed by atoms with E-state index in [1.807, 2.05) is 22.7 Å². The quantitative estimate of drug-likeness (QED) is 0.156. The van der Waals surface area contributed by atoms with Crippen LogP contribution in [0.15, 0.2) is 206 Å². The molecule has 11 aromatic carbocycles. The smallest absolute Gasteiger partial charge is 0.0434 e. The van der Waals surface area contributed by atoms with Gasteiger partial charge in [0.1, 0.15) is 0 Å². The minimum Gasteiger partial charge on any atom is -0.135 e. The fourth-order valence-electron chi connectivity index (χ4n) is 10.2. The summed E-state index contributed by atoms with van der Waals surface area (Å²) in [6.07, 6.45) is 0. The Morgan fingerprint density at radius 2 is 0.683 bits per heavy atom. The van der Waals surface area contributed by atoms with Crippen molar-refractivity contribution >= 4 is 106 Å². The summed E-state index contributed by atoms with van der Waals surface area (Å²) in [5.41, 5.74) is 10.3. The highest BCUT2D eigenvalue weighted by Crippen LogP contribution is 2.51. The van der Waals surface area contributed by atoms with Crippen molar-refractivity contribution < 1.29 is 0 Å². The fraction of sp³-hybridized carbons (Fsp3) is 0. The van der Waals surface area contributed by atoms with Gasteiger partial charge in [-0.05, 0) is 100 Å². The summed E-state index contributed by atoms with van der Waals surface area (Å²) >= 11 is 3.81. The van der Waals surface area contributed by atoms with Crippen LogP contribution in [0.25, 0.3) is 128 Å². The van der Waals surface area contributed by atoms with Crippen molar-refractivity contribution in [3.63, 3.8) is 0 Å². The molecule has 0 atom stereocenters. The lowest BCUT2D eigenvalue weighted by Gasteiger charge is -2.18. The first-order valence-electron chi connectivity index (χ1n) is 20.6. The Labute approximate surface area is 354 Å². The Bertz CT molecular complexity index is 3770. The number of rotatable bonds is 4. The van der Waals surface area contributed by atoms with E-state index in [0.29, 0.717) is 0 Å². The Morgan fingerprint density at radius 3 is 1.30 bits per heavy atom. The second-order valence-corrected chi connectivity index (χ2v) is 18.0. The lowest BCUT2D eigenvalue weighted by Crippen LogP contribution is -1.91. The van der Waals surface area contributed by atoms with Gasteiger partial charge >= 0.3 is 0 Å². The van der Waals surface area contributed by atoms with Crippen LogP contribution < -0.4 is 0 Å². The van der Waals surface area contributed by atoms with E-state index in [1.54, 1.807) is 0 Å². The average molecular weight is 795 g/mol. The van der Waals surface area contributed by atoms with E-state index in [9.17, 15) is 0 Å². The fourth-order valence-corrected chi connectivity index (χ4v) is 12.6. The molecule has 0 amide bonds. The molecule has 0 unspecified atom stereocenters. The molecule has 2 heterocycles. The topological polar surface area (TPSA) is 0 Å². The van der Waals surface area contributed by atoms with E-state index in [4.69, 9.17) is 0 Å². The van der Waals surface area contributed by atoms with E-state index < -0.39 is 0 Å². The van der Waals surface area contributed by atoms with Crippen LogP contribution in [-0.2, 0) is 0 Å². The Kier molecular flexibility index (Phi) is 7.45. The van der Waals surface area contributed by atoms with Gasteiger partial charge in [-0.15, -0.1) is 22.7 Å². The highest BCUT2D eigenvalue weighted by molar-refractivity contribution is 7.26. The molecule has 0 saturated heterocycles. The Balaban J connectivity index is 1.06. The van der Waals surface area contributed by atoms with Crippen molar-refractivity contribution in [3.05, 3.63) is 206 Å². The van der Waals surface area contributed by atoms with Crippen LogP contribution >= 0.6 is 22.7 Å². The average Bonchev–Trinajstić information content (AvgIpc) is 3.89. The monoisotopic (exact) mass is 794 g/mol. The zero-order valence-electron chi connectivity index (χ0n) is 32.4. The molecule has 278 valence electrons. The Morgan fingerprint density at radius 1 is 0.233 bits per heavy atom. The summed E-state index contributed by atoms with van der Waals surface area (Å²) < 4.78 is 5.29. The maximum Gasteiger partial charge on any atom is 0.0434 e. The third kappa shape index (κ3) is 4.90. The first-order chi connectivity index (χ1) is 29.8. The molecular weight excluding hydrogens is 761 g/mol. The second-order valence-electron chi connectivity index (χ2n) is 15.8. The van der Waals surface area contributed by atoms with Crippen molar-refractivity contribution in [2.75, 3.05) is 0 Å². The first-order valence-corrected chi connectivity index (χ1v) is 22.2. The summed E-state index contributed by atoms with van der Waals surface area (Å²) in [6.45, 7) is 0. The van der Waals surface area contributed by atoms with Gasteiger partial charge in [-0.25, -0.2) is 0 Å². The van der Waals surface area contributed by atoms with Crippen LogP contribution in [0.4, 0.5) is 0 Å². The molecule has 0 aliphatic rings. The molecule has 0 fully saturated rings. The predicted molar refractivity (Wildman–Crippen MR) is 264 cm³/mol. The van der Waals surface area contributed by atoms with Crippen molar-refractivity contribution in [1.29, 1.82) is 0 Å². The van der Waals surface area contributed by atoms with Crippen LogP contribution in [0.2, 0.25) is 0 Å². The molecule has 0 bridgehead atoms. The summed E-state index contributed by atoms with van der Waals surface area (Å²) in [5, 5.41) is 15.5. The highest BCUT2D eigenvalue weighted by atomic mass is 32.1. The van der Waals surface area contributed by atoms with Crippen molar-refractivity contribution in [2.24, 2.45) is 0 Å². The van der Waals surface area contributed by atoms with Gasteiger partial charge in [0.05, 0.1) is 0 Å². The molecule has 0 radical (unpaired) electrons. The van der Waals surface area contributed by atoms with Gasteiger partial charge in [0.2, 0.25) is 0 Å². The number of hydrogen-bond donors (Lipinski definition) is 0. The number of thiophene rings is 2. The minimum absolute atomic E-state index is 1.24. The molecule has 0 saturated carbocycles. The van der Waals surface area contributed by atoms with Crippen LogP contribution in [-0.4, -0.2) is 0 Å². The summed E-state index contributed by atoms with van der Waals surface area (Å²) in [4.78, 5) is 0. The van der Waals surface area contributed by atoms with Crippen LogP contribution in [0, 0.1) is 0 Å². The minimum atomic E-state index is 1.24. The number of fused-ring (bicyclic) bond motifs is 10. The third-order valence-corrected chi connectivity index (χ3v) is 15.0. The van der Waals surface area contributed by atoms with Crippen LogP contribution in [0.3, 0.4) is 0 Å².